The van der Waals surface area contributed by atoms with E-state index in [4.69, 9.17) is 5.11 Å². The number of aromatic carboxylic acids is 1. The van der Waals surface area contributed by atoms with Crippen molar-refractivity contribution in [3.63, 3.8) is 0 Å². The molecule has 11 heteroatoms. The molecular formula is C20H18N4O5S2. The Kier molecular flexibility index (Phi) is 6.78. The molecule has 1 heterocycles. The van der Waals surface area contributed by atoms with E-state index in [2.05, 4.69) is 20.8 Å². The van der Waals surface area contributed by atoms with Crippen molar-refractivity contribution in [2.24, 2.45) is 5.10 Å². The van der Waals surface area contributed by atoms with Crippen LogP contribution in [0.1, 0.15) is 22.3 Å². The lowest BCUT2D eigenvalue weighted by Gasteiger charge is -2.09. The predicted molar refractivity (Wildman–Crippen MR) is 118 cm³/mol. The van der Waals surface area contributed by atoms with Crippen LogP contribution in [0.2, 0.25) is 0 Å². The van der Waals surface area contributed by atoms with Crippen LogP contribution in [-0.2, 0) is 14.6 Å². The number of hydrogen-bond acceptors (Lipinski definition) is 8. The van der Waals surface area contributed by atoms with Gasteiger partial charge in [-0.1, -0.05) is 0 Å². The zero-order valence-corrected chi connectivity index (χ0v) is 17.9. The van der Waals surface area contributed by atoms with Crippen LogP contribution < -0.4 is 10.7 Å². The number of carboxylic acids is 1. The predicted octanol–water partition coefficient (Wildman–Crippen LogP) is 3.09. The molecule has 0 aliphatic rings. The zero-order valence-electron chi connectivity index (χ0n) is 16.3. The van der Waals surface area contributed by atoms with Crippen LogP contribution in [0.5, 0.6) is 0 Å². The van der Waals surface area contributed by atoms with Crippen molar-refractivity contribution in [1.82, 2.24) is 4.98 Å². The maximum Gasteiger partial charge on any atom is 0.335 e. The molecule has 0 spiro atoms. The third-order valence-corrected chi connectivity index (χ3v) is 6.46. The number of nitrogens with zero attached hydrogens (tertiary/aromatic N) is 2. The minimum absolute atomic E-state index is 0.0802. The first kappa shape index (κ1) is 22.1. The van der Waals surface area contributed by atoms with Crippen molar-refractivity contribution in [3.8, 4) is 0 Å². The van der Waals surface area contributed by atoms with Gasteiger partial charge in [0.25, 0.3) is 0 Å². The number of amides is 1. The first-order chi connectivity index (χ1) is 14.7. The number of carboxylic acid groups (broad SMARTS) is 1. The summed E-state index contributed by atoms with van der Waals surface area (Å²) in [5.74, 6) is -1.70. The molecular weight excluding hydrogens is 440 g/mol. The van der Waals surface area contributed by atoms with Gasteiger partial charge in [0.05, 0.1) is 16.1 Å². The second-order valence-corrected chi connectivity index (χ2v) is 9.24. The van der Waals surface area contributed by atoms with E-state index in [9.17, 15) is 18.0 Å². The summed E-state index contributed by atoms with van der Waals surface area (Å²) in [6, 6.07) is 11.7. The van der Waals surface area contributed by atoms with Crippen molar-refractivity contribution in [1.29, 1.82) is 0 Å². The molecule has 0 atom stereocenters. The van der Waals surface area contributed by atoms with Crippen LogP contribution in [0.3, 0.4) is 0 Å². The Balaban J connectivity index is 1.83. The number of hydrogen-bond donors (Lipinski definition) is 3. The van der Waals surface area contributed by atoms with Crippen molar-refractivity contribution in [3.05, 3.63) is 70.7 Å². The number of anilines is 2. The smallest absolute Gasteiger partial charge is 0.335 e. The van der Waals surface area contributed by atoms with E-state index in [1.165, 1.54) is 66.8 Å². The molecule has 1 amide bonds. The lowest BCUT2D eigenvalue weighted by Crippen LogP contribution is -2.19. The summed E-state index contributed by atoms with van der Waals surface area (Å²) in [7, 11) is -3.75. The summed E-state index contributed by atoms with van der Waals surface area (Å²) in [4.78, 5) is 26.3. The highest BCUT2D eigenvalue weighted by atomic mass is 32.2. The van der Waals surface area contributed by atoms with Crippen LogP contribution >= 0.6 is 11.3 Å². The summed E-state index contributed by atoms with van der Waals surface area (Å²) in [6.45, 7) is 1.36. The molecule has 3 N–H and O–H groups in total. The van der Waals surface area contributed by atoms with E-state index in [0.29, 0.717) is 16.4 Å². The molecule has 0 saturated heterocycles. The number of nitrogens with one attached hydrogen (secondary N) is 2. The second kappa shape index (κ2) is 9.49. The molecule has 160 valence electrons. The zero-order chi connectivity index (χ0) is 22.4. The van der Waals surface area contributed by atoms with Crippen molar-refractivity contribution in [2.75, 3.05) is 16.5 Å². The number of thiazole rings is 1. The van der Waals surface area contributed by atoms with Crippen LogP contribution in [-0.4, -0.2) is 41.8 Å². The Hall–Kier alpha value is -3.57. The van der Waals surface area contributed by atoms with E-state index in [-0.39, 0.29) is 22.1 Å². The molecule has 0 bridgehead atoms. The first-order valence-corrected chi connectivity index (χ1v) is 11.4. The Morgan fingerprint density at radius 2 is 1.71 bits per heavy atom. The second-order valence-electron chi connectivity index (χ2n) is 6.35. The Morgan fingerprint density at radius 1 is 1.06 bits per heavy atom. The van der Waals surface area contributed by atoms with Gasteiger partial charge in [-0.2, -0.15) is 5.10 Å². The summed E-state index contributed by atoms with van der Waals surface area (Å²) in [5.41, 5.74) is 4.08. The van der Waals surface area contributed by atoms with Crippen molar-refractivity contribution in [2.45, 2.75) is 11.8 Å². The fourth-order valence-electron chi connectivity index (χ4n) is 2.54. The number of carbonyl (C=O) groups excluding carboxylic acids is 1. The van der Waals surface area contributed by atoms with E-state index in [1.807, 2.05) is 0 Å². The number of benzene rings is 2. The molecule has 1 aromatic heterocycles. The highest BCUT2D eigenvalue weighted by Crippen LogP contribution is 2.18. The third kappa shape index (κ3) is 5.96. The van der Waals surface area contributed by atoms with Crippen molar-refractivity contribution >= 4 is 50.1 Å². The highest BCUT2D eigenvalue weighted by molar-refractivity contribution is 7.92. The average Bonchev–Trinajstić information content (AvgIpc) is 3.26. The minimum Gasteiger partial charge on any atom is -0.478 e. The number of hydrazone groups is 1. The normalized spacial score (nSPS) is 11.7. The van der Waals surface area contributed by atoms with E-state index in [1.54, 1.807) is 11.6 Å². The molecule has 0 radical (unpaired) electrons. The topological polar surface area (TPSA) is 138 Å². The Bertz CT molecular complexity index is 1200. The molecule has 3 aromatic rings. The van der Waals surface area contributed by atoms with E-state index >= 15 is 0 Å². The summed E-state index contributed by atoms with van der Waals surface area (Å²) in [6.07, 6.45) is 1.55. The van der Waals surface area contributed by atoms with Gasteiger partial charge < -0.3 is 10.4 Å². The van der Waals surface area contributed by atoms with Gasteiger partial charge in [0.2, 0.25) is 5.91 Å². The molecule has 0 unspecified atom stereocenters. The number of carbonyl (C=O) groups is 2. The van der Waals surface area contributed by atoms with Crippen LogP contribution in [0.25, 0.3) is 0 Å². The van der Waals surface area contributed by atoms with Crippen LogP contribution in [0.15, 0.2) is 70.1 Å². The maximum atomic E-state index is 12.9. The monoisotopic (exact) mass is 458 g/mol. The summed E-state index contributed by atoms with van der Waals surface area (Å²) < 4.78 is 25.8. The molecule has 31 heavy (non-hydrogen) atoms. The molecule has 3 rings (SSSR count). The number of rotatable bonds is 8. The van der Waals surface area contributed by atoms with E-state index in [0.717, 1.165) is 0 Å². The maximum absolute atomic E-state index is 12.9. The number of sulfone groups is 1. The molecule has 0 saturated carbocycles. The molecule has 2 aromatic carbocycles. The van der Waals surface area contributed by atoms with Crippen molar-refractivity contribution < 1.29 is 23.1 Å². The Morgan fingerprint density at radius 3 is 2.26 bits per heavy atom. The van der Waals surface area contributed by atoms with Gasteiger partial charge in [-0.25, -0.2) is 18.2 Å². The minimum atomic E-state index is -3.75. The SMILES string of the molecule is CC(=O)Nc1ccc(S(=O)(=O)C/C(=N/Nc2ccc(C(=O)O)cc2)c2nccs2)cc1. The van der Waals surface area contributed by atoms with Crippen LogP contribution in [0, 0.1) is 0 Å². The first-order valence-electron chi connectivity index (χ1n) is 8.91. The summed E-state index contributed by atoms with van der Waals surface area (Å²) in [5, 5.41) is 17.9. The lowest BCUT2D eigenvalue weighted by atomic mass is 10.2. The molecule has 0 aliphatic heterocycles. The van der Waals surface area contributed by atoms with Gasteiger partial charge in [0.1, 0.15) is 16.5 Å². The Labute approximate surface area is 182 Å². The average molecular weight is 459 g/mol. The highest BCUT2D eigenvalue weighted by Gasteiger charge is 2.21. The van der Waals surface area contributed by atoms with Gasteiger partial charge in [0.15, 0.2) is 9.84 Å². The largest absolute Gasteiger partial charge is 0.478 e. The molecule has 9 nitrogen and oxygen atoms in total. The molecule has 0 fully saturated rings. The lowest BCUT2D eigenvalue weighted by molar-refractivity contribution is -0.114. The third-order valence-electron chi connectivity index (χ3n) is 3.99. The summed E-state index contributed by atoms with van der Waals surface area (Å²) >= 11 is 1.25. The fraction of sp³-hybridized carbons (Fsp3) is 0.100. The fourth-order valence-corrected chi connectivity index (χ4v) is 4.54. The molecule has 0 aliphatic carbocycles. The van der Waals surface area contributed by atoms with Gasteiger partial charge in [-0.3, -0.25) is 10.2 Å². The van der Waals surface area contributed by atoms with E-state index < -0.39 is 21.6 Å². The number of aromatic nitrogens is 1. The van der Waals surface area contributed by atoms with Gasteiger partial charge in [0, 0.05) is 24.2 Å². The van der Waals surface area contributed by atoms with Crippen LogP contribution in [0.4, 0.5) is 11.4 Å². The van der Waals surface area contributed by atoms with Gasteiger partial charge >= 0.3 is 5.97 Å². The standard InChI is InChI=1S/C20H18N4O5S2/c1-13(25)22-15-6-8-17(9-7-15)31(28,29)12-18(19-21-10-11-30-19)24-23-16-4-2-14(3-5-16)20(26)27/h2-11,23H,12H2,1H3,(H,22,25)(H,26,27)/b24-18-. The van der Waals surface area contributed by atoms with Gasteiger partial charge in [-0.05, 0) is 48.5 Å². The van der Waals surface area contributed by atoms with Gasteiger partial charge in [-0.15, -0.1) is 11.3 Å². The quantitative estimate of drug-likeness (QED) is 0.348.